The Morgan fingerprint density at radius 3 is 2.63 bits per heavy atom. The maximum Gasteiger partial charge on any atom is 0.257 e. The first-order valence-corrected chi connectivity index (χ1v) is 9.33. The smallest absolute Gasteiger partial charge is 0.257 e. The number of pyridine rings is 1. The highest BCUT2D eigenvalue weighted by atomic mass is 32.1. The van der Waals surface area contributed by atoms with Gasteiger partial charge in [0.25, 0.3) is 5.56 Å². The summed E-state index contributed by atoms with van der Waals surface area (Å²) >= 11 is 1.53. The van der Waals surface area contributed by atoms with E-state index in [-0.39, 0.29) is 11.3 Å². The lowest BCUT2D eigenvalue weighted by molar-refractivity contribution is -0.111. The Morgan fingerprint density at radius 2 is 1.85 bits per heavy atom. The van der Waals surface area contributed by atoms with Gasteiger partial charge in [0.15, 0.2) is 0 Å². The van der Waals surface area contributed by atoms with Gasteiger partial charge in [-0.15, -0.1) is 11.3 Å². The van der Waals surface area contributed by atoms with Crippen LogP contribution in [-0.2, 0) is 4.79 Å². The van der Waals surface area contributed by atoms with Crippen molar-refractivity contribution < 1.29 is 4.79 Å². The van der Waals surface area contributed by atoms with Crippen LogP contribution in [0.1, 0.15) is 12.5 Å². The molecule has 4 aromatic rings. The average molecular weight is 369 g/mol. The molecule has 2 aromatic heterocycles. The first kappa shape index (κ1) is 17.0. The molecule has 0 amide bonds. The van der Waals surface area contributed by atoms with E-state index in [1.54, 1.807) is 0 Å². The number of H-pyrrole nitrogens is 1. The number of fused-ring (bicyclic) bond motifs is 1. The Morgan fingerprint density at radius 1 is 1.00 bits per heavy atom. The maximum absolute atomic E-state index is 12.9. The number of Topliss-reactive ketones (excluding diaryl/α,β-unsaturated/α-hetero) is 1. The van der Waals surface area contributed by atoms with Crippen molar-refractivity contribution in [2.24, 2.45) is 0 Å². The van der Waals surface area contributed by atoms with Gasteiger partial charge in [0.05, 0.1) is 5.56 Å². The van der Waals surface area contributed by atoms with Gasteiger partial charge in [0.2, 0.25) is 5.78 Å². The highest BCUT2D eigenvalue weighted by Gasteiger charge is 2.17. The van der Waals surface area contributed by atoms with Crippen molar-refractivity contribution in [2.75, 3.05) is 0 Å². The van der Waals surface area contributed by atoms with Gasteiger partial charge in [-0.2, -0.15) is 0 Å². The molecule has 0 bridgehead atoms. The molecule has 0 aliphatic rings. The van der Waals surface area contributed by atoms with E-state index in [9.17, 15) is 9.59 Å². The normalized spacial score (nSPS) is 10.4. The minimum atomic E-state index is -0.179. The number of aromatic amines is 1. The molecule has 0 radical (unpaired) electrons. The van der Waals surface area contributed by atoms with E-state index in [0.29, 0.717) is 5.56 Å². The van der Waals surface area contributed by atoms with E-state index in [4.69, 9.17) is 0 Å². The van der Waals surface area contributed by atoms with Gasteiger partial charge in [0, 0.05) is 33.8 Å². The number of thiophene rings is 1. The van der Waals surface area contributed by atoms with Crippen molar-refractivity contribution in [3.63, 3.8) is 0 Å². The van der Waals surface area contributed by atoms with Crippen LogP contribution in [0.2, 0.25) is 0 Å². The zero-order chi connectivity index (χ0) is 18.8. The van der Waals surface area contributed by atoms with E-state index in [0.717, 1.165) is 32.5 Å². The molecule has 0 spiro atoms. The molecule has 4 rings (SSSR count). The molecule has 3 nitrogen and oxygen atoms in total. The van der Waals surface area contributed by atoms with E-state index in [2.05, 4.69) is 16.8 Å². The number of rotatable bonds is 2. The lowest BCUT2D eigenvalue weighted by Crippen LogP contribution is -2.10. The third-order valence-electron chi connectivity index (χ3n) is 4.22. The van der Waals surface area contributed by atoms with E-state index in [1.807, 2.05) is 66.0 Å². The summed E-state index contributed by atoms with van der Waals surface area (Å²) in [4.78, 5) is 28.0. The van der Waals surface area contributed by atoms with Crippen LogP contribution in [0.4, 0.5) is 0 Å². The summed E-state index contributed by atoms with van der Waals surface area (Å²) in [5.41, 5.74) is 3.84. The molecule has 0 aliphatic heterocycles. The third-order valence-corrected chi connectivity index (χ3v) is 5.11. The number of ketones is 1. The number of aromatic nitrogens is 1. The molecule has 0 fully saturated rings. The second-order valence-electron chi connectivity index (χ2n) is 6.11. The largest absolute Gasteiger partial charge is 0.321 e. The molecule has 2 aromatic carbocycles. The highest BCUT2D eigenvalue weighted by molar-refractivity contribution is 7.13. The van der Waals surface area contributed by atoms with Crippen LogP contribution in [0.3, 0.4) is 0 Å². The summed E-state index contributed by atoms with van der Waals surface area (Å²) in [6, 6.07) is 19.3. The zero-order valence-corrected chi connectivity index (χ0v) is 15.4. The van der Waals surface area contributed by atoms with Crippen LogP contribution in [0.15, 0.2) is 70.8 Å². The van der Waals surface area contributed by atoms with Gasteiger partial charge in [-0.3, -0.25) is 9.59 Å². The SMILES string of the molecule is CC(=O)C#Cc1cccc(-c2c(-c3cccs3)c(=O)[nH]c3ccccc23)c1. The van der Waals surface area contributed by atoms with Crippen molar-refractivity contribution in [1.82, 2.24) is 4.98 Å². The van der Waals surface area contributed by atoms with Crippen LogP contribution in [-0.4, -0.2) is 10.8 Å². The second kappa shape index (κ2) is 7.06. The Hall–Kier alpha value is -3.42. The fourth-order valence-corrected chi connectivity index (χ4v) is 3.89. The summed E-state index contributed by atoms with van der Waals surface area (Å²) in [6.07, 6.45) is 0. The molecular formula is C23H15NO2S. The fourth-order valence-electron chi connectivity index (χ4n) is 3.11. The van der Waals surface area contributed by atoms with Crippen LogP contribution in [0.25, 0.3) is 32.5 Å². The topological polar surface area (TPSA) is 49.9 Å². The Bertz CT molecular complexity index is 1270. The molecular weight excluding hydrogens is 354 g/mol. The van der Waals surface area contributed by atoms with Gasteiger partial charge in [0.1, 0.15) is 0 Å². The first-order chi connectivity index (χ1) is 13.1. The standard InChI is InChI=1S/C23H15NO2S/c1-15(25)11-12-16-6-4-7-17(14-16)21-18-8-2-3-9-19(18)24-23(26)22(21)20-10-5-13-27-20/h2-10,13-14H,1H3,(H,24,26). The number of carbonyl (C=O) groups excluding carboxylic acids is 1. The molecule has 0 atom stereocenters. The lowest BCUT2D eigenvalue weighted by Gasteiger charge is -2.12. The molecule has 0 unspecified atom stereocenters. The predicted molar refractivity (Wildman–Crippen MR) is 111 cm³/mol. The second-order valence-corrected chi connectivity index (χ2v) is 7.06. The van der Waals surface area contributed by atoms with E-state index >= 15 is 0 Å². The molecule has 0 aliphatic carbocycles. The number of para-hydroxylation sites is 1. The number of nitrogens with one attached hydrogen (secondary N) is 1. The monoisotopic (exact) mass is 369 g/mol. The number of hydrogen-bond acceptors (Lipinski definition) is 3. The fraction of sp³-hybridized carbons (Fsp3) is 0.0435. The molecule has 0 saturated carbocycles. The number of hydrogen-bond donors (Lipinski definition) is 1. The average Bonchev–Trinajstić information content (AvgIpc) is 3.19. The Balaban J connectivity index is 2.06. The zero-order valence-electron chi connectivity index (χ0n) is 14.6. The molecule has 0 saturated heterocycles. The summed E-state index contributed by atoms with van der Waals surface area (Å²) in [5, 5.41) is 2.93. The maximum atomic E-state index is 12.9. The molecule has 1 N–H and O–H groups in total. The van der Waals surface area contributed by atoms with Crippen molar-refractivity contribution in [3.05, 3.63) is 82.0 Å². The van der Waals surface area contributed by atoms with Crippen molar-refractivity contribution in [1.29, 1.82) is 0 Å². The van der Waals surface area contributed by atoms with Gasteiger partial charge in [-0.05, 0) is 41.1 Å². The van der Waals surface area contributed by atoms with Gasteiger partial charge in [-0.25, -0.2) is 0 Å². The summed E-state index contributed by atoms with van der Waals surface area (Å²) in [6.45, 7) is 1.44. The summed E-state index contributed by atoms with van der Waals surface area (Å²) in [7, 11) is 0. The molecule has 27 heavy (non-hydrogen) atoms. The van der Waals surface area contributed by atoms with Crippen LogP contribution in [0, 0.1) is 11.8 Å². The summed E-state index contributed by atoms with van der Waals surface area (Å²) < 4.78 is 0. The van der Waals surface area contributed by atoms with Crippen molar-refractivity contribution in [3.8, 4) is 33.4 Å². The van der Waals surface area contributed by atoms with Gasteiger partial charge in [-0.1, -0.05) is 42.3 Å². The molecule has 2 heterocycles. The molecule has 130 valence electrons. The van der Waals surface area contributed by atoms with Crippen LogP contribution >= 0.6 is 11.3 Å². The lowest BCUT2D eigenvalue weighted by atomic mass is 9.94. The van der Waals surface area contributed by atoms with E-state index < -0.39 is 0 Å². The minimum Gasteiger partial charge on any atom is -0.321 e. The highest BCUT2D eigenvalue weighted by Crippen LogP contribution is 2.36. The van der Waals surface area contributed by atoms with Gasteiger partial charge < -0.3 is 4.98 Å². The number of benzene rings is 2. The Labute approximate surface area is 160 Å². The molecule has 4 heteroatoms. The van der Waals surface area contributed by atoms with Crippen molar-refractivity contribution >= 4 is 28.0 Å². The predicted octanol–water partition coefficient (Wildman–Crippen LogP) is 4.86. The first-order valence-electron chi connectivity index (χ1n) is 8.45. The van der Waals surface area contributed by atoms with Crippen LogP contribution < -0.4 is 5.56 Å². The quantitative estimate of drug-likeness (QED) is 0.513. The van der Waals surface area contributed by atoms with Crippen LogP contribution in [0.5, 0.6) is 0 Å². The number of carbonyl (C=O) groups is 1. The summed E-state index contributed by atoms with van der Waals surface area (Å²) in [5.74, 6) is 5.29. The van der Waals surface area contributed by atoms with Gasteiger partial charge >= 0.3 is 0 Å². The van der Waals surface area contributed by atoms with Crippen molar-refractivity contribution in [2.45, 2.75) is 6.92 Å². The Kier molecular flexibility index (Phi) is 4.45. The third kappa shape index (κ3) is 3.33. The van der Waals surface area contributed by atoms with E-state index in [1.165, 1.54) is 18.3 Å². The minimum absolute atomic E-state index is 0.119.